The number of anilines is 1. The van der Waals surface area contributed by atoms with Crippen LogP contribution in [0.1, 0.15) is 62.4 Å². The van der Waals surface area contributed by atoms with Crippen molar-refractivity contribution in [3.8, 4) is 0 Å². The number of likely N-dealkylation sites (tertiary alicyclic amines) is 1. The number of amides is 4. The fraction of sp³-hybridized carbons (Fsp3) is 0.600. The SMILES string of the molecule is CC(C)(C)OC(=O)N1CC2(CCN(c3cccc4c3CN(C3CCC(=O)NC3=O)C4=O)CC2)C1. The summed E-state index contributed by atoms with van der Waals surface area (Å²) in [5.74, 6) is -0.820. The van der Waals surface area contributed by atoms with E-state index in [1.54, 1.807) is 9.80 Å². The molecule has 4 aliphatic heterocycles. The minimum Gasteiger partial charge on any atom is -0.444 e. The summed E-state index contributed by atoms with van der Waals surface area (Å²) < 4.78 is 5.49. The summed E-state index contributed by atoms with van der Waals surface area (Å²) in [6, 6.07) is 5.16. The lowest BCUT2D eigenvalue weighted by molar-refractivity contribution is -0.136. The van der Waals surface area contributed by atoms with E-state index in [2.05, 4.69) is 10.2 Å². The summed E-state index contributed by atoms with van der Waals surface area (Å²) in [4.78, 5) is 55.0. The molecule has 1 unspecified atom stereocenters. The fourth-order valence-electron chi connectivity index (χ4n) is 5.62. The van der Waals surface area contributed by atoms with Crippen LogP contribution in [-0.4, -0.2) is 71.4 Å². The standard InChI is InChI=1S/C25H32N4O5/c1-24(2,3)34-23(33)28-14-25(15-28)9-11-27(12-10-25)18-6-4-5-16-17(18)13-29(22(16)32)19-7-8-20(30)26-21(19)31/h4-6,19H,7-15H2,1-3H3,(H,26,30,31). The van der Waals surface area contributed by atoms with E-state index in [1.165, 1.54) is 0 Å². The number of fused-ring (bicyclic) bond motifs is 1. The Morgan fingerprint density at radius 1 is 1.12 bits per heavy atom. The first-order chi connectivity index (χ1) is 16.1. The minimum absolute atomic E-state index is 0.139. The highest BCUT2D eigenvalue weighted by Gasteiger charge is 2.48. The van der Waals surface area contributed by atoms with Crippen molar-refractivity contribution in [2.75, 3.05) is 31.1 Å². The van der Waals surface area contributed by atoms with Gasteiger partial charge in [0.25, 0.3) is 5.91 Å². The Kier molecular flexibility index (Phi) is 5.33. The highest BCUT2D eigenvalue weighted by Crippen LogP contribution is 2.43. The van der Waals surface area contributed by atoms with Gasteiger partial charge in [0.1, 0.15) is 11.6 Å². The zero-order valence-electron chi connectivity index (χ0n) is 20.1. The largest absolute Gasteiger partial charge is 0.444 e. The number of hydrogen-bond donors (Lipinski definition) is 1. The van der Waals surface area contributed by atoms with Gasteiger partial charge in [-0.25, -0.2) is 4.79 Å². The van der Waals surface area contributed by atoms with E-state index in [-0.39, 0.29) is 29.7 Å². The van der Waals surface area contributed by atoms with Gasteiger partial charge in [0, 0.05) is 61.4 Å². The van der Waals surface area contributed by atoms with Gasteiger partial charge in [-0.15, -0.1) is 0 Å². The third-order valence-electron chi connectivity index (χ3n) is 7.43. The number of piperidine rings is 2. The van der Waals surface area contributed by atoms with Crippen LogP contribution in [0.15, 0.2) is 18.2 Å². The summed E-state index contributed by atoms with van der Waals surface area (Å²) in [7, 11) is 0. The molecule has 3 saturated heterocycles. The van der Waals surface area contributed by atoms with Gasteiger partial charge >= 0.3 is 6.09 Å². The highest BCUT2D eigenvalue weighted by atomic mass is 16.6. The molecule has 0 bridgehead atoms. The molecule has 0 saturated carbocycles. The molecule has 34 heavy (non-hydrogen) atoms. The molecule has 5 rings (SSSR count). The Hall–Kier alpha value is -3.10. The first-order valence-corrected chi connectivity index (χ1v) is 12.0. The molecule has 0 aromatic heterocycles. The Morgan fingerprint density at radius 2 is 1.82 bits per heavy atom. The second kappa shape index (κ2) is 7.99. The van der Waals surface area contributed by atoms with Gasteiger partial charge in [0.15, 0.2) is 0 Å². The molecule has 4 aliphatic rings. The van der Waals surface area contributed by atoms with E-state index in [4.69, 9.17) is 4.74 Å². The Labute approximate surface area is 199 Å². The molecule has 1 aromatic carbocycles. The molecule has 0 aliphatic carbocycles. The van der Waals surface area contributed by atoms with Crippen LogP contribution in [0.5, 0.6) is 0 Å². The van der Waals surface area contributed by atoms with Gasteiger partial charge in [-0.05, 0) is 52.2 Å². The lowest BCUT2D eigenvalue weighted by Gasteiger charge is -2.54. The third-order valence-corrected chi connectivity index (χ3v) is 7.43. The summed E-state index contributed by atoms with van der Waals surface area (Å²) in [6.45, 7) is 9.17. The molecular formula is C25H32N4O5. The van der Waals surface area contributed by atoms with Crippen LogP contribution in [0.25, 0.3) is 0 Å². The molecule has 3 fully saturated rings. The van der Waals surface area contributed by atoms with Gasteiger partial charge in [0.05, 0.1) is 0 Å². The number of carbonyl (C=O) groups excluding carboxylic acids is 4. The number of hydrogen-bond acceptors (Lipinski definition) is 6. The average Bonchev–Trinajstić information content (AvgIpc) is 3.07. The molecule has 4 heterocycles. The summed E-state index contributed by atoms with van der Waals surface area (Å²) in [5.41, 5.74) is 2.29. The van der Waals surface area contributed by atoms with Crippen molar-refractivity contribution in [2.45, 2.75) is 64.6 Å². The van der Waals surface area contributed by atoms with Gasteiger partial charge in [-0.3, -0.25) is 19.7 Å². The van der Waals surface area contributed by atoms with E-state index < -0.39 is 17.6 Å². The molecule has 0 radical (unpaired) electrons. The topological polar surface area (TPSA) is 99.3 Å². The molecule has 1 aromatic rings. The summed E-state index contributed by atoms with van der Waals surface area (Å²) >= 11 is 0. The Bertz CT molecular complexity index is 1050. The second-order valence-electron chi connectivity index (χ2n) is 11.0. The maximum absolute atomic E-state index is 13.1. The van der Waals surface area contributed by atoms with Crippen LogP contribution < -0.4 is 10.2 Å². The number of carbonyl (C=O) groups is 4. The van der Waals surface area contributed by atoms with E-state index in [9.17, 15) is 19.2 Å². The minimum atomic E-state index is -0.608. The van der Waals surface area contributed by atoms with Crippen molar-refractivity contribution in [1.82, 2.24) is 15.1 Å². The number of nitrogens with one attached hydrogen (secondary N) is 1. The van der Waals surface area contributed by atoms with Gasteiger partial charge in [-0.2, -0.15) is 0 Å². The lowest BCUT2D eigenvalue weighted by Crippen LogP contribution is -2.62. The zero-order valence-corrected chi connectivity index (χ0v) is 20.1. The van der Waals surface area contributed by atoms with Crippen molar-refractivity contribution in [3.63, 3.8) is 0 Å². The van der Waals surface area contributed by atoms with Crippen LogP contribution in [0.4, 0.5) is 10.5 Å². The number of ether oxygens (including phenoxy) is 1. The number of imide groups is 1. The second-order valence-corrected chi connectivity index (χ2v) is 11.0. The van der Waals surface area contributed by atoms with Crippen LogP contribution in [0.3, 0.4) is 0 Å². The Morgan fingerprint density at radius 3 is 2.47 bits per heavy atom. The lowest BCUT2D eigenvalue weighted by atomic mass is 9.72. The van der Waals surface area contributed by atoms with Gasteiger partial charge < -0.3 is 19.4 Å². The number of rotatable bonds is 2. The third kappa shape index (κ3) is 4.01. The summed E-state index contributed by atoms with van der Waals surface area (Å²) in [5, 5.41) is 2.36. The predicted molar refractivity (Wildman–Crippen MR) is 124 cm³/mol. The molecular weight excluding hydrogens is 436 g/mol. The van der Waals surface area contributed by atoms with Crippen molar-refractivity contribution < 1.29 is 23.9 Å². The smallest absolute Gasteiger partial charge is 0.410 e. The normalized spacial score (nSPS) is 24.1. The number of benzene rings is 1. The van der Waals surface area contributed by atoms with Crippen molar-refractivity contribution >= 4 is 29.5 Å². The maximum atomic E-state index is 13.1. The first kappa shape index (κ1) is 22.7. The first-order valence-electron chi connectivity index (χ1n) is 12.0. The van der Waals surface area contributed by atoms with Crippen molar-refractivity contribution in [3.05, 3.63) is 29.3 Å². The highest BCUT2D eigenvalue weighted by molar-refractivity contribution is 6.06. The average molecular weight is 469 g/mol. The van der Waals surface area contributed by atoms with Gasteiger partial charge in [-0.1, -0.05) is 6.07 Å². The zero-order chi connectivity index (χ0) is 24.3. The molecule has 182 valence electrons. The van der Waals surface area contributed by atoms with E-state index >= 15 is 0 Å². The number of nitrogens with zero attached hydrogens (tertiary/aromatic N) is 3. The van der Waals surface area contributed by atoms with Crippen LogP contribution >= 0.6 is 0 Å². The van der Waals surface area contributed by atoms with Crippen LogP contribution in [0.2, 0.25) is 0 Å². The molecule has 9 heteroatoms. The molecule has 1 N–H and O–H groups in total. The van der Waals surface area contributed by atoms with Crippen molar-refractivity contribution in [2.24, 2.45) is 5.41 Å². The maximum Gasteiger partial charge on any atom is 0.410 e. The Balaban J connectivity index is 1.24. The fourth-order valence-corrected chi connectivity index (χ4v) is 5.62. The van der Waals surface area contributed by atoms with E-state index in [0.717, 1.165) is 50.3 Å². The molecule has 9 nitrogen and oxygen atoms in total. The predicted octanol–water partition coefficient (Wildman–Crippen LogP) is 2.28. The van der Waals surface area contributed by atoms with Gasteiger partial charge in [0.2, 0.25) is 11.8 Å². The van der Waals surface area contributed by atoms with E-state index in [0.29, 0.717) is 18.5 Å². The van der Waals surface area contributed by atoms with E-state index in [1.807, 2.05) is 39.0 Å². The quantitative estimate of drug-likeness (QED) is 0.669. The van der Waals surface area contributed by atoms with Crippen LogP contribution in [0, 0.1) is 5.41 Å². The molecule has 4 amide bonds. The summed E-state index contributed by atoms with van der Waals surface area (Å²) in [6.07, 6.45) is 2.31. The molecule has 1 spiro atoms. The molecule has 1 atom stereocenters. The van der Waals surface area contributed by atoms with Crippen LogP contribution in [-0.2, 0) is 20.9 Å². The van der Waals surface area contributed by atoms with Crippen molar-refractivity contribution in [1.29, 1.82) is 0 Å². The monoisotopic (exact) mass is 468 g/mol.